The van der Waals surface area contributed by atoms with Crippen LogP contribution in [0.1, 0.15) is 10.4 Å². The number of aromatic nitrogens is 2. The molecular formula is C18H12N2O3S. The lowest BCUT2D eigenvalue weighted by molar-refractivity contribution is 0.0962. The topological polar surface area (TPSA) is 61.1 Å². The molecule has 24 heavy (non-hydrogen) atoms. The van der Waals surface area contributed by atoms with Gasteiger partial charge in [-0.15, -0.1) is 11.3 Å². The molecule has 2 aromatic carbocycles. The number of hydrogen-bond donors (Lipinski definition) is 0. The zero-order valence-electron chi connectivity index (χ0n) is 12.7. The van der Waals surface area contributed by atoms with Crippen LogP contribution < -0.4 is 11.1 Å². The van der Waals surface area contributed by atoms with Crippen LogP contribution in [0.4, 0.5) is 0 Å². The highest BCUT2D eigenvalue weighted by Crippen LogP contribution is 2.20. The lowest BCUT2D eigenvalue weighted by Gasteiger charge is -2.09. The van der Waals surface area contributed by atoms with Gasteiger partial charge in [-0.2, -0.15) is 0 Å². The number of carbonyl (C=O) groups excluding carboxylic acids is 1. The molecule has 2 aliphatic heterocycles. The number of nitrogens with zero attached hydrogens (tertiary/aromatic N) is 2. The smallest absolute Gasteiger partial charge is 0.275 e. The minimum atomic E-state index is -0.457. The molecule has 0 saturated carbocycles. The molecule has 2 aliphatic rings. The molecule has 2 heterocycles. The highest BCUT2D eigenvalue weighted by Gasteiger charge is 2.19. The van der Waals surface area contributed by atoms with E-state index in [0.29, 0.717) is 15.6 Å². The maximum Gasteiger partial charge on any atom is 0.279 e. The summed E-state index contributed by atoms with van der Waals surface area (Å²) in [5, 5.41) is 0.139. The molecule has 0 fully saturated rings. The van der Waals surface area contributed by atoms with Crippen molar-refractivity contribution in [2.75, 3.05) is 0 Å². The molecule has 0 amide bonds. The molecule has 6 heteroatoms. The van der Waals surface area contributed by atoms with Crippen LogP contribution in [0.5, 0.6) is 0 Å². The molecule has 0 aromatic heterocycles. The number of carbonyl (C=O) groups is 1. The Balaban J connectivity index is 2.26. The Bertz CT molecular complexity index is 1270. The van der Waals surface area contributed by atoms with Crippen molar-refractivity contribution in [2.24, 2.45) is 7.05 Å². The summed E-state index contributed by atoms with van der Waals surface area (Å²) in [6, 6.07) is 16.0. The molecule has 0 unspecified atom stereocenters. The second kappa shape index (κ2) is 5.28. The molecule has 0 bridgehead atoms. The van der Waals surface area contributed by atoms with E-state index in [1.807, 2.05) is 18.2 Å². The maximum atomic E-state index is 13.1. The monoisotopic (exact) mass is 336 g/mol. The van der Waals surface area contributed by atoms with E-state index < -0.39 is 5.56 Å². The fraction of sp³-hybridized carbons (Fsp3) is 0.0556. The van der Waals surface area contributed by atoms with Crippen molar-refractivity contribution >= 4 is 27.5 Å². The summed E-state index contributed by atoms with van der Waals surface area (Å²) in [5.41, 5.74) is 0.244. The average Bonchev–Trinajstić information content (AvgIpc) is 2.84. The Hall–Kier alpha value is -2.99. The fourth-order valence-electron chi connectivity index (χ4n) is 2.77. The predicted octanol–water partition coefficient (Wildman–Crippen LogP) is 2.17. The first kappa shape index (κ1) is 14.6. The van der Waals surface area contributed by atoms with Crippen molar-refractivity contribution in [3.63, 3.8) is 0 Å². The van der Waals surface area contributed by atoms with Gasteiger partial charge in [0.2, 0.25) is 0 Å². The van der Waals surface area contributed by atoms with Gasteiger partial charge in [-0.1, -0.05) is 30.3 Å². The van der Waals surface area contributed by atoms with Gasteiger partial charge in [0.05, 0.1) is 10.2 Å². The van der Waals surface area contributed by atoms with Gasteiger partial charge >= 0.3 is 0 Å². The number of para-hydroxylation sites is 1. The van der Waals surface area contributed by atoms with Crippen LogP contribution >= 0.6 is 11.3 Å². The van der Waals surface area contributed by atoms with Gasteiger partial charge in [0, 0.05) is 12.6 Å². The highest BCUT2D eigenvalue weighted by molar-refractivity contribution is 7.16. The van der Waals surface area contributed by atoms with E-state index in [2.05, 4.69) is 0 Å². The van der Waals surface area contributed by atoms with E-state index in [-0.39, 0.29) is 16.8 Å². The van der Waals surface area contributed by atoms with E-state index in [1.165, 1.54) is 23.0 Å². The van der Waals surface area contributed by atoms with Crippen molar-refractivity contribution < 1.29 is 4.79 Å². The normalized spacial score (nSPS) is 11.2. The van der Waals surface area contributed by atoms with Gasteiger partial charge in [0.25, 0.3) is 17.0 Å². The van der Waals surface area contributed by atoms with Gasteiger partial charge in [-0.3, -0.25) is 23.5 Å². The van der Waals surface area contributed by atoms with Crippen LogP contribution in [-0.4, -0.2) is 15.0 Å². The second-order valence-electron chi connectivity index (χ2n) is 5.42. The lowest BCUT2D eigenvalue weighted by atomic mass is 10.2. The molecule has 0 radical (unpaired) electrons. The van der Waals surface area contributed by atoms with Crippen molar-refractivity contribution in [3.05, 3.63) is 90.7 Å². The molecule has 0 spiro atoms. The Morgan fingerprint density at radius 3 is 2.33 bits per heavy atom. The Morgan fingerprint density at radius 2 is 1.58 bits per heavy atom. The van der Waals surface area contributed by atoms with E-state index in [9.17, 15) is 14.4 Å². The largest absolute Gasteiger partial charge is 0.279 e. The Kier molecular flexibility index (Phi) is 3.21. The van der Waals surface area contributed by atoms with Crippen molar-refractivity contribution in [1.82, 2.24) is 9.13 Å². The quantitative estimate of drug-likeness (QED) is 0.535. The third-order valence-corrected chi connectivity index (χ3v) is 5.12. The molecule has 118 valence electrons. The summed E-state index contributed by atoms with van der Waals surface area (Å²) in [7, 11) is 1.43. The minimum absolute atomic E-state index is 0.139. The fourth-order valence-corrected chi connectivity index (χ4v) is 3.90. The van der Waals surface area contributed by atoms with Gasteiger partial charge < -0.3 is 0 Å². The number of fused-ring (bicyclic) bond motifs is 1. The Labute approximate surface area is 139 Å². The summed E-state index contributed by atoms with van der Waals surface area (Å²) < 4.78 is 3.48. The van der Waals surface area contributed by atoms with Gasteiger partial charge in [0.15, 0.2) is 0 Å². The van der Waals surface area contributed by atoms with Crippen LogP contribution in [0.25, 0.3) is 10.2 Å². The maximum absolute atomic E-state index is 13.1. The molecule has 2 aromatic rings. The van der Waals surface area contributed by atoms with Crippen LogP contribution in [0, 0.1) is 9.88 Å². The SMILES string of the molecule is Cn1c(=O)c2sc3ccccc3n(C(=O)c3ccccc3)c=2c1=O. The number of hydrogen-bond acceptors (Lipinski definition) is 4. The third kappa shape index (κ3) is 1.97. The van der Waals surface area contributed by atoms with Crippen LogP contribution in [0.3, 0.4) is 0 Å². The summed E-state index contributed by atoms with van der Waals surface area (Å²) >= 11 is 1.23. The van der Waals surface area contributed by atoms with Crippen LogP contribution in [0.15, 0.2) is 64.2 Å². The molecule has 0 atom stereocenters. The van der Waals surface area contributed by atoms with E-state index in [1.54, 1.807) is 36.4 Å². The van der Waals surface area contributed by atoms with Gasteiger partial charge in [-0.05, 0) is 24.3 Å². The molecule has 0 saturated heterocycles. The molecule has 4 rings (SSSR count). The molecular weight excluding hydrogens is 324 g/mol. The number of benzene rings is 2. The first-order valence-electron chi connectivity index (χ1n) is 7.32. The summed E-state index contributed by atoms with van der Waals surface area (Å²) in [6.07, 6.45) is 0. The van der Waals surface area contributed by atoms with Crippen molar-refractivity contribution in [1.29, 1.82) is 0 Å². The first-order chi connectivity index (χ1) is 11.6. The minimum Gasteiger partial charge on any atom is -0.275 e. The van der Waals surface area contributed by atoms with Gasteiger partial charge in [-0.25, -0.2) is 0 Å². The molecule has 0 aliphatic carbocycles. The van der Waals surface area contributed by atoms with E-state index >= 15 is 0 Å². The summed E-state index contributed by atoms with van der Waals surface area (Å²) in [5.74, 6) is -0.327. The zero-order chi connectivity index (χ0) is 16.8. The average molecular weight is 336 g/mol. The lowest BCUT2D eigenvalue weighted by Crippen LogP contribution is -2.24. The van der Waals surface area contributed by atoms with Crippen molar-refractivity contribution in [3.8, 4) is 0 Å². The molecule has 0 N–H and O–H groups in total. The van der Waals surface area contributed by atoms with Gasteiger partial charge in [0.1, 0.15) is 9.88 Å². The zero-order valence-corrected chi connectivity index (χ0v) is 13.5. The van der Waals surface area contributed by atoms with E-state index in [4.69, 9.17) is 0 Å². The standard InChI is InChI=1S/C18H12N2O3S/c1-19-17(22)14-15(18(19)23)24-13-10-6-5-9-12(13)20(14)16(21)11-7-3-2-4-8-11/h2-10H,1H3. The molecule has 5 nitrogen and oxygen atoms in total. The Morgan fingerprint density at radius 1 is 0.917 bits per heavy atom. The van der Waals surface area contributed by atoms with Crippen molar-refractivity contribution in [2.45, 2.75) is 0 Å². The highest BCUT2D eigenvalue weighted by atomic mass is 32.1. The van der Waals surface area contributed by atoms with Crippen LogP contribution in [0.2, 0.25) is 0 Å². The second-order valence-corrected chi connectivity index (χ2v) is 6.48. The van der Waals surface area contributed by atoms with Crippen LogP contribution in [-0.2, 0) is 7.05 Å². The third-order valence-electron chi connectivity index (χ3n) is 3.99. The first-order valence-corrected chi connectivity index (χ1v) is 8.14. The summed E-state index contributed by atoms with van der Waals surface area (Å²) in [6.45, 7) is 0. The number of rotatable bonds is 1. The summed E-state index contributed by atoms with van der Waals surface area (Å²) in [4.78, 5) is 38.0. The predicted molar refractivity (Wildman–Crippen MR) is 92.8 cm³/mol. The van der Waals surface area contributed by atoms with E-state index in [0.717, 1.165) is 9.27 Å².